The first-order valence-electron chi connectivity index (χ1n) is 10.7. The molecule has 0 unspecified atom stereocenters. The highest BCUT2D eigenvalue weighted by atomic mass is 35.5. The third kappa shape index (κ3) is 3.56. The first-order chi connectivity index (χ1) is 14.6. The van der Waals surface area contributed by atoms with Crippen molar-refractivity contribution in [1.29, 1.82) is 0 Å². The maximum atomic E-state index is 13.7. The third-order valence-electron chi connectivity index (χ3n) is 6.40. The number of amides is 1. The molecule has 1 aliphatic heterocycles. The van der Waals surface area contributed by atoms with Crippen molar-refractivity contribution >= 4 is 23.8 Å². The highest BCUT2D eigenvalue weighted by Crippen LogP contribution is 2.50. The molecule has 1 heterocycles. The van der Waals surface area contributed by atoms with Crippen molar-refractivity contribution in [3.05, 3.63) is 64.7 Å². The minimum Gasteiger partial charge on any atom is -0.508 e. The highest BCUT2D eigenvalue weighted by Gasteiger charge is 2.54. The summed E-state index contributed by atoms with van der Waals surface area (Å²) in [7, 11) is 0. The Labute approximate surface area is 181 Å². The quantitative estimate of drug-likeness (QED) is 0.699. The molecule has 2 aliphatic carbocycles. The van der Waals surface area contributed by atoms with Crippen molar-refractivity contribution in [1.82, 2.24) is 10.2 Å². The number of benzene rings is 2. The minimum absolute atomic E-state index is 0.0918. The molecule has 0 spiro atoms. The van der Waals surface area contributed by atoms with Gasteiger partial charge in [0.2, 0.25) is 0 Å². The normalized spacial score (nSPS) is 25.5. The van der Waals surface area contributed by atoms with Gasteiger partial charge in [-0.1, -0.05) is 48.0 Å². The van der Waals surface area contributed by atoms with Gasteiger partial charge in [-0.05, 0) is 55.2 Å². The predicted molar refractivity (Wildman–Crippen MR) is 118 cm³/mol. The molecular formula is C24H26ClN3O2. The van der Waals surface area contributed by atoms with Crippen LogP contribution >= 0.6 is 11.6 Å². The second-order valence-corrected chi connectivity index (χ2v) is 9.21. The molecule has 30 heavy (non-hydrogen) atoms. The van der Waals surface area contributed by atoms with Gasteiger partial charge in [-0.3, -0.25) is 9.79 Å². The average molecular weight is 424 g/mol. The van der Waals surface area contributed by atoms with Crippen LogP contribution < -0.4 is 5.32 Å². The Balaban J connectivity index is 1.61. The van der Waals surface area contributed by atoms with Gasteiger partial charge in [0.25, 0.3) is 5.91 Å². The van der Waals surface area contributed by atoms with Crippen LogP contribution in [0.1, 0.15) is 42.9 Å². The van der Waals surface area contributed by atoms with E-state index in [1.54, 1.807) is 18.5 Å². The molecule has 2 atom stereocenters. The first kappa shape index (κ1) is 19.4. The fraction of sp³-hybridized carbons (Fsp3) is 0.417. The number of hydrogen-bond acceptors (Lipinski definition) is 4. The second kappa shape index (κ2) is 7.62. The van der Waals surface area contributed by atoms with E-state index < -0.39 is 11.6 Å². The first-order valence-corrected chi connectivity index (χ1v) is 11.1. The van der Waals surface area contributed by atoms with Crippen molar-refractivity contribution in [3.8, 4) is 5.75 Å². The number of carbonyl (C=O) groups is 1. The standard InChI is InChI=1S/C24H26ClN3O2/c25-19-10-11-20(21(29)12-19)22-24(18-4-2-1-3-5-18,23(30)26-13-16-6-7-16)27-15-28(22)14-17-8-9-17/h1-5,10-12,15-17,22,29H,6-9,13-14H2,(H,26,30)/t22-,24+/m0/s1. The monoisotopic (exact) mass is 423 g/mol. The molecule has 2 saturated carbocycles. The van der Waals surface area contributed by atoms with Gasteiger partial charge >= 0.3 is 0 Å². The highest BCUT2D eigenvalue weighted by molar-refractivity contribution is 6.30. The van der Waals surface area contributed by atoms with Crippen molar-refractivity contribution in [3.63, 3.8) is 0 Å². The third-order valence-corrected chi connectivity index (χ3v) is 6.63. The van der Waals surface area contributed by atoms with Crippen LogP contribution in [0, 0.1) is 11.8 Å². The maximum Gasteiger partial charge on any atom is 0.255 e. The number of halogens is 1. The fourth-order valence-corrected chi connectivity index (χ4v) is 4.54. The molecule has 2 aromatic rings. The van der Waals surface area contributed by atoms with Crippen LogP contribution in [0.5, 0.6) is 5.75 Å². The number of aliphatic imine (C=N–C) groups is 1. The van der Waals surface area contributed by atoms with Crippen LogP contribution in [0.15, 0.2) is 53.5 Å². The van der Waals surface area contributed by atoms with Crippen molar-refractivity contribution in [2.45, 2.75) is 37.3 Å². The van der Waals surface area contributed by atoms with Crippen LogP contribution in [-0.4, -0.2) is 35.3 Å². The molecule has 2 aromatic carbocycles. The van der Waals surface area contributed by atoms with Crippen LogP contribution in [0.3, 0.4) is 0 Å². The number of nitrogens with zero attached hydrogens (tertiary/aromatic N) is 2. The van der Waals surface area contributed by atoms with E-state index in [0.29, 0.717) is 29.0 Å². The summed E-state index contributed by atoms with van der Waals surface area (Å²) in [5, 5.41) is 14.4. The average Bonchev–Trinajstić information content (AvgIpc) is 3.67. The Hall–Kier alpha value is -2.53. The molecule has 0 saturated heterocycles. The number of phenols is 1. The van der Waals surface area contributed by atoms with E-state index in [-0.39, 0.29) is 11.7 Å². The summed E-state index contributed by atoms with van der Waals surface area (Å²) in [6.45, 7) is 1.49. The van der Waals surface area contributed by atoms with E-state index in [1.807, 2.05) is 36.4 Å². The fourth-order valence-electron chi connectivity index (χ4n) is 4.38. The van der Waals surface area contributed by atoms with Crippen LogP contribution in [-0.2, 0) is 10.3 Å². The molecule has 3 aliphatic rings. The summed E-state index contributed by atoms with van der Waals surface area (Å²) in [5.41, 5.74) is 0.339. The lowest BCUT2D eigenvalue weighted by Crippen LogP contribution is -2.49. The van der Waals surface area contributed by atoms with E-state index >= 15 is 0 Å². The molecule has 2 N–H and O–H groups in total. The van der Waals surface area contributed by atoms with Gasteiger partial charge < -0.3 is 15.3 Å². The number of hydrogen-bond donors (Lipinski definition) is 2. The summed E-state index contributed by atoms with van der Waals surface area (Å²) in [6, 6.07) is 14.4. The van der Waals surface area contributed by atoms with Crippen molar-refractivity contribution < 1.29 is 9.90 Å². The van der Waals surface area contributed by atoms with Gasteiger partial charge in [0, 0.05) is 23.7 Å². The molecular weight excluding hydrogens is 398 g/mol. The van der Waals surface area contributed by atoms with Gasteiger partial charge in [-0.25, -0.2) is 0 Å². The zero-order valence-electron chi connectivity index (χ0n) is 16.8. The number of nitrogens with one attached hydrogen (secondary N) is 1. The van der Waals surface area contributed by atoms with E-state index in [0.717, 1.165) is 24.9 Å². The van der Waals surface area contributed by atoms with E-state index in [9.17, 15) is 9.90 Å². The Kier molecular flexibility index (Phi) is 4.94. The number of phenolic OH excluding ortho intramolecular Hbond substituents is 1. The Morgan fingerprint density at radius 2 is 1.87 bits per heavy atom. The van der Waals surface area contributed by atoms with Crippen molar-refractivity contribution in [2.24, 2.45) is 16.8 Å². The molecule has 0 aromatic heterocycles. The lowest BCUT2D eigenvalue weighted by molar-refractivity contribution is -0.128. The lowest BCUT2D eigenvalue weighted by atomic mass is 9.78. The summed E-state index contributed by atoms with van der Waals surface area (Å²) in [4.78, 5) is 20.7. The smallest absolute Gasteiger partial charge is 0.255 e. The zero-order chi connectivity index (χ0) is 20.7. The number of carbonyl (C=O) groups excluding carboxylic acids is 1. The Morgan fingerprint density at radius 1 is 1.13 bits per heavy atom. The zero-order valence-corrected chi connectivity index (χ0v) is 17.6. The molecule has 0 bridgehead atoms. The van der Waals surface area contributed by atoms with Crippen LogP contribution in [0.4, 0.5) is 0 Å². The van der Waals surface area contributed by atoms with Crippen LogP contribution in [0.25, 0.3) is 0 Å². The molecule has 5 rings (SSSR count). The molecule has 156 valence electrons. The summed E-state index contributed by atoms with van der Waals surface area (Å²) in [5.74, 6) is 1.15. The van der Waals surface area contributed by atoms with E-state index in [1.165, 1.54) is 12.8 Å². The van der Waals surface area contributed by atoms with Gasteiger partial charge in [-0.2, -0.15) is 0 Å². The SMILES string of the molecule is O=C(NCC1CC1)[C@]1(c2ccccc2)N=CN(CC2CC2)[C@H]1c1ccc(Cl)cc1O. The Morgan fingerprint density at radius 3 is 2.53 bits per heavy atom. The topological polar surface area (TPSA) is 64.9 Å². The van der Waals surface area contributed by atoms with E-state index in [2.05, 4.69) is 10.2 Å². The molecule has 5 nitrogen and oxygen atoms in total. The number of rotatable bonds is 7. The minimum atomic E-state index is -1.16. The van der Waals surface area contributed by atoms with Crippen LogP contribution in [0.2, 0.25) is 5.02 Å². The largest absolute Gasteiger partial charge is 0.508 e. The molecule has 6 heteroatoms. The predicted octanol–water partition coefficient (Wildman–Crippen LogP) is 4.26. The molecule has 1 amide bonds. The number of aromatic hydroxyl groups is 1. The van der Waals surface area contributed by atoms with Gasteiger partial charge in [-0.15, -0.1) is 0 Å². The maximum absolute atomic E-state index is 13.7. The molecule has 0 radical (unpaired) electrons. The van der Waals surface area contributed by atoms with Gasteiger partial charge in [0.05, 0.1) is 12.4 Å². The summed E-state index contributed by atoms with van der Waals surface area (Å²) in [6.07, 6.45) is 6.51. The van der Waals surface area contributed by atoms with Gasteiger partial charge in [0.1, 0.15) is 5.75 Å². The Bertz CT molecular complexity index is 972. The molecule has 2 fully saturated rings. The summed E-state index contributed by atoms with van der Waals surface area (Å²) >= 11 is 6.11. The lowest BCUT2D eigenvalue weighted by Gasteiger charge is -2.37. The van der Waals surface area contributed by atoms with E-state index in [4.69, 9.17) is 16.6 Å². The van der Waals surface area contributed by atoms with Crippen molar-refractivity contribution in [2.75, 3.05) is 13.1 Å². The second-order valence-electron chi connectivity index (χ2n) is 8.78. The summed E-state index contributed by atoms with van der Waals surface area (Å²) < 4.78 is 0. The van der Waals surface area contributed by atoms with Gasteiger partial charge in [0.15, 0.2) is 5.54 Å².